The summed E-state index contributed by atoms with van der Waals surface area (Å²) in [7, 11) is 0. The number of ether oxygens (including phenoxy) is 1. The number of nitrogens with one attached hydrogen (secondary N) is 2. The number of nitrogens with zero attached hydrogens (tertiary/aromatic N) is 3. The van der Waals surface area contributed by atoms with Gasteiger partial charge in [0.15, 0.2) is 5.65 Å². The zero-order valence-electron chi connectivity index (χ0n) is 16.1. The summed E-state index contributed by atoms with van der Waals surface area (Å²) in [5.41, 5.74) is 4.71. The van der Waals surface area contributed by atoms with Crippen LogP contribution in [-0.4, -0.2) is 65.2 Å². The number of hydrogen-bond donors (Lipinski definition) is 2. The molecule has 0 radical (unpaired) electrons. The average molecular weight is 389 g/mol. The molecule has 0 spiro atoms. The van der Waals surface area contributed by atoms with E-state index < -0.39 is 0 Å². The van der Waals surface area contributed by atoms with Gasteiger partial charge in [0.1, 0.15) is 5.52 Å². The first kappa shape index (κ1) is 18.0. The summed E-state index contributed by atoms with van der Waals surface area (Å²) in [5, 5.41) is 4.05. The number of aromatic amines is 1. The van der Waals surface area contributed by atoms with Gasteiger partial charge in [-0.25, -0.2) is 9.97 Å². The molecule has 148 valence electrons. The van der Waals surface area contributed by atoms with E-state index in [9.17, 15) is 4.79 Å². The van der Waals surface area contributed by atoms with Crippen LogP contribution in [0.25, 0.3) is 33.1 Å². The Morgan fingerprint density at radius 2 is 1.97 bits per heavy atom. The lowest BCUT2D eigenvalue weighted by Crippen LogP contribution is -2.38. The molecule has 3 heterocycles. The number of amides is 1. The summed E-state index contributed by atoms with van der Waals surface area (Å²) in [6.07, 6.45) is 0.926. The van der Waals surface area contributed by atoms with Gasteiger partial charge in [-0.2, -0.15) is 0 Å². The van der Waals surface area contributed by atoms with Crippen molar-refractivity contribution in [1.29, 1.82) is 0 Å². The Morgan fingerprint density at radius 3 is 2.86 bits per heavy atom. The monoisotopic (exact) mass is 389 g/mol. The molecule has 0 bridgehead atoms. The Bertz CT molecular complexity index is 1180. The molecule has 4 aromatic rings. The number of hydrogen-bond acceptors (Lipinski definition) is 5. The highest BCUT2D eigenvalue weighted by Gasteiger charge is 2.12. The lowest BCUT2D eigenvalue weighted by molar-refractivity contribution is 0.0374. The lowest BCUT2D eigenvalue weighted by Gasteiger charge is -2.26. The highest BCUT2D eigenvalue weighted by molar-refractivity contribution is 6.06. The van der Waals surface area contributed by atoms with Gasteiger partial charge in [-0.3, -0.25) is 9.69 Å². The SMILES string of the molecule is O=C(NCCCN1CCOCC1)c1ccc2nc3[nH]c4ccccc4c3nc2c1. The van der Waals surface area contributed by atoms with Crippen LogP contribution in [0.2, 0.25) is 0 Å². The number of carbonyl (C=O) groups is 1. The van der Waals surface area contributed by atoms with Crippen molar-refractivity contribution in [3.05, 3.63) is 48.0 Å². The largest absolute Gasteiger partial charge is 0.379 e. The molecular weight excluding hydrogens is 366 g/mol. The van der Waals surface area contributed by atoms with Crippen LogP contribution in [0.3, 0.4) is 0 Å². The van der Waals surface area contributed by atoms with Crippen molar-refractivity contribution in [3.8, 4) is 0 Å². The third-order valence-corrected chi connectivity index (χ3v) is 5.40. The van der Waals surface area contributed by atoms with Gasteiger partial charge in [-0.05, 0) is 37.2 Å². The molecule has 2 aromatic carbocycles. The number of para-hydroxylation sites is 1. The van der Waals surface area contributed by atoms with Gasteiger partial charge in [-0.15, -0.1) is 0 Å². The molecule has 1 saturated heterocycles. The van der Waals surface area contributed by atoms with E-state index >= 15 is 0 Å². The van der Waals surface area contributed by atoms with Crippen molar-refractivity contribution < 1.29 is 9.53 Å². The topological polar surface area (TPSA) is 83.1 Å². The molecule has 2 aromatic heterocycles. The maximum Gasteiger partial charge on any atom is 0.251 e. The molecular formula is C22H23N5O2. The van der Waals surface area contributed by atoms with E-state index in [4.69, 9.17) is 9.72 Å². The second-order valence-corrected chi connectivity index (χ2v) is 7.36. The van der Waals surface area contributed by atoms with Crippen LogP contribution in [0.15, 0.2) is 42.5 Å². The molecule has 1 aliphatic rings. The number of H-pyrrole nitrogens is 1. The van der Waals surface area contributed by atoms with Crippen molar-refractivity contribution in [2.24, 2.45) is 0 Å². The maximum absolute atomic E-state index is 12.6. The van der Waals surface area contributed by atoms with E-state index in [1.807, 2.05) is 42.5 Å². The van der Waals surface area contributed by atoms with E-state index in [1.54, 1.807) is 0 Å². The number of fused-ring (bicyclic) bond motifs is 4. The molecule has 7 nitrogen and oxygen atoms in total. The van der Waals surface area contributed by atoms with Crippen LogP contribution in [-0.2, 0) is 4.74 Å². The molecule has 2 N–H and O–H groups in total. The van der Waals surface area contributed by atoms with Crippen LogP contribution in [0.4, 0.5) is 0 Å². The first-order valence-electron chi connectivity index (χ1n) is 10.0. The Morgan fingerprint density at radius 1 is 1.10 bits per heavy atom. The van der Waals surface area contributed by atoms with Gasteiger partial charge in [0.25, 0.3) is 5.91 Å². The second kappa shape index (κ2) is 7.77. The van der Waals surface area contributed by atoms with Gasteiger partial charge in [0, 0.05) is 36.1 Å². The first-order valence-corrected chi connectivity index (χ1v) is 10.0. The summed E-state index contributed by atoms with van der Waals surface area (Å²) in [6.45, 7) is 5.17. The number of benzene rings is 2. The highest BCUT2D eigenvalue weighted by Crippen LogP contribution is 2.24. The Hall–Kier alpha value is -3.03. The molecule has 0 unspecified atom stereocenters. The zero-order valence-corrected chi connectivity index (χ0v) is 16.1. The minimum atomic E-state index is -0.0744. The summed E-state index contributed by atoms with van der Waals surface area (Å²) >= 11 is 0. The minimum Gasteiger partial charge on any atom is -0.379 e. The number of aromatic nitrogens is 3. The average Bonchev–Trinajstić information content (AvgIpc) is 3.12. The molecule has 0 aliphatic carbocycles. The molecule has 0 saturated carbocycles. The highest BCUT2D eigenvalue weighted by atomic mass is 16.5. The lowest BCUT2D eigenvalue weighted by atomic mass is 10.1. The molecule has 1 aliphatic heterocycles. The molecule has 1 amide bonds. The summed E-state index contributed by atoms with van der Waals surface area (Å²) in [5.74, 6) is -0.0744. The van der Waals surface area contributed by atoms with Crippen LogP contribution in [0, 0.1) is 0 Å². The quantitative estimate of drug-likeness (QED) is 0.513. The number of rotatable bonds is 5. The van der Waals surface area contributed by atoms with Crippen LogP contribution < -0.4 is 5.32 Å². The van der Waals surface area contributed by atoms with Crippen LogP contribution in [0.1, 0.15) is 16.8 Å². The van der Waals surface area contributed by atoms with E-state index in [0.717, 1.165) is 72.4 Å². The number of morpholine rings is 1. The van der Waals surface area contributed by atoms with Crippen molar-refractivity contribution in [2.75, 3.05) is 39.4 Å². The van der Waals surface area contributed by atoms with E-state index in [2.05, 4.69) is 20.2 Å². The van der Waals surface area contributed by atoms with Crippen LogP contribution in [0.5, 0.6) is 0 Å². The fraction of sp³-hybridized carbons (Fsp3) is 0.318. The third-order valence-electron chi connectivity index (χ3n) is 5.40. The first-order chi connectivity index (χ1) is 14.3. The van der Waals surface area contributed by atoms with Crippen molar-refractivity contribution in [2.45, 2.75) is 6.42 Å². The van der Waals surface area contributed by atoms with Gasteiger partial charge in [0.05, 0.1) is 24.2 Å². The van der Waals surface area contributed by atoms with Crippen molar-refractivity contribution in [3.63, 3.8) is 0 Å². The molecule has 0 atom stereocenters. The Balaban J connectivity index is 1.31. The van der Waals surface area contributed by atoms with Crippen molar-refractivity contribution >= 4 is 39.0 Å². The summed E-state index contributed by atoms with van der Waals surface area (Å²) in [6, 6.07) is 13.5. The summed E-state index contributed by atoms with van der Waals surface area (Å²) < 4.78 is 5.36. The van der Waals surface area contributed by atoms with Gasteiger partial charge in [-0.1, -0.05) is 18.2 Å². The predicted octanol–water partition coefficient (Wildman–Crippen LogP) is 2.72. The van der Waals surface area contributed by atoms with Gasteiger partial charge in [0.2, 0.25) is 0 Å². The van der Waals surface area contributed by atoms with Crippen molar-refractivity contribution in [1.82, 2.24) is 25.2 Å². The van der Waals surface area contributed by atoms with Gasteiger partial charge >= 0.3 is 0 Å². The van der Waals surface area contributed by atoms with E-state index in [0.29, 0.717) is 12.1 Å². The Kier molecular flexibility index (Phi) is 4.83. The third kappa shape index (κ3) is 3.66. The smallest absolute Gasteiger partial charge is 0.251 e. The molecule has 7 heteroatoms. The molecule has 29 heavy (non-hydrogen) atoms. The minimum absolute atomic E-state index is 0.0744. The standard InChI is InChI=1S/C22H23N5O2/c28-22(23-8-3-9-27-10-12-29-13-11-27)15-6-7-18-19(14-15)24-20-16-4-1-2-5-17(16)25-21(20)26-18/h1-2,4-7,14H,3,8-13H2,(H,23,28)(H,25,26). The predicted molar refractivity (Wildman–Crippen MR) is 113 cm³/mol. The normalized spacial score (nSPS) is 15.3. The van der Waals surface area contributed by atoms with Crippen LogP contribution >= 0.6 is 0 Å². The molecule has 1 fully saturated rings. The second-order valence-electron chi connectivity index (χ2n) is 7.36. The molecule has 5 rings (SSSR count). The maximum atomic E-state index is 12.6. The Labute approximate surface area is 168 Å². The zero-order chi connectivity index (χ0) is 19.6. The van der Waals surface area contributed by atoms with E-state index in [-0.39, 0.29) is 5.91 Å². The summed E-state index contributed by atoms with van der Waals surface area (Å²) in [4.78, 5) is 27.7. The fourth-order valence-electron chi connectivity index (χ4n) is 3.83. The van der Waals surface area contributed by atoms with E-state index in [1.165, 1.54) is 0 Å². The van der Waals surface area contributed by atoms with Gasteiger partial charge < -0.3 is 15.0 Å². The fourth-order valence-corrected chi connectivity index (χ4v) is 3.83. The number of carbonyl (C=O) groups excluding carboxylic acids is 1.